The zero-order valence-corrected chi connectivity index (χ0v) is 22.3. The van der Waals surface area contributed by atoms with Crippen molar-refractivity contribution in [1.82, 2.24) is 5.32 Å². The molecule has 202 valence electrons. The first-order valence-electron chi connectivity index (χ1n) is 11.8. The van der Waals surface area contributed by atoms with E-state index in [0.29, 0.717) is 22.5 Å². The van der Waals surface area contributed by atoms with E-state index in [1.165, 1.54) is 12.1 Å². The molecule has 11 heteroatoms. The number of carbonyl (C=O) groups is 1. The van der Waals surface area contributed by atoms with Crippen molar-refractivity contribution >= 4 is 33.2 Å². The number of aryl methyl sites for hydroxylation is 2. The first-order chi connectivity index (χ1) is 17.9. The first-order valence-corrected chi connectivity index (χ1v) is 13.6. The average molecular weight is 567 g/mol. The van der Waals surface area contributed by atoms with Crippen molar-refractivity contribution in [3.63, 3.8) is 0 Å². The average Bonchev–Trinajstić information content (AvgIpc) is 2.87. The van der Waals surface area contributed by atoms with Crippen LogP contribution in [0.2, 0.25) is 5.02 Å². The summed E-state index contributed by atoms with van der Waals surface area (Å²) in [6, 6.07) is 13.8. The molecule has 1 unspecified atom stereocenters. The highest BCUT2D eigenvalue weighted by Crippen LogP contribution is 2.38. The lowest BCUT2D eigenvalue weighted by Crippen LogP contribution is -2.42. The Bertz CT molecular complexity index is 1440. The Morgan fingerprint density at radius 2 is 1.82 bits per heavy atom. The zero-order valence-electron chi connectivity index (χ0n) is 20.7. The van der Waals surface area contributed by atoms with Crippen molar-refractivity contribution in [2.24, 2.45) is 0 Å². The monoisotopic (exact) mass is 566 g/mol. The molecule has 0 saturated carbocycles. The van der Waals surface area contributed by atoms with Gasteiger partial charge in [-0.25, -0.2) is 8.42 Å². The van der Waals surface area contributed by atoms with Gasteiger partial charge >= 0.3 is 6.18 Å². The molecule has 0 aromatic heterocycles. The van der Waals surface area contributed by atoms with Crippen LogP contribution in [0.3, 0.4) is 0 Å². The summed E-state index contributed by atoms with van der Waals surface area (Å²) in [6.07, 6.45) is -2.59. The predicted molar refractivity (Wildman–Crippen MR) is 139 cm³/mol. The minimum Gasteiger partial charge on any atom is -0.497 e. The van der Waals surface area contributed by atoms with Crippen LogP contribution in [0.1, 0.15) is 41.1 Å². The molecule has 0 fully saturated rings. The summed E-state index contributed by atoms with van der Waals surface area (Å²) in [5.74, 6) is 0.0344. The highest BCUT2D eigenvalue weighted by Gasteiger charge is 2.36. The van der Waals surface area contributed by atoms with Gasteiger partial charge in [-0.2, -0.15) is 13.2 Å². The zero-order chi connectivity index (χ0) is 27.7. The van der Waals surface area contributed by atoms with E-state index < -0.39 is 39.2 Å². The van der Waals surface area contributed by atoms with E-state index in [0.717, 1.165) is 41.7 Å². The number of hydrogen-bond acceptors (Lipinski definition) is 4. The predicted octanol–water partition coefficient (Wildman–Crippen LogP) is 6.06. The van der Waals surface area contributed by atoms with Crippen molar-refractivity contribution in [2.75, 3.05) is 18.0 Å². The van der Waals surface area contributed by atoms with Gasteiger partial charge in [-0.15, -0.1) is 0 Å². The Balaban J connectivity index is 1.69. The third-order valence-corrected chi connectivity index (χ3v) is 8.56. The summed E-state index contributed by atoms with van der Waals surface area (Å²) in [7, 11) is -2.84. The summed E-state index contributed by atoms with van der Waals surface area (Å²) in [4.78, 5) is 13.1. The summed E-state index contributed by atoms with van der Waals surface area (Å²) >= 11 is 5.76. The molecule has 0 heterocycles. The number of benzene rings is 3. The molecule has 4 rings (SSSR count). The van der Waals surface area contributed by atoms with Gasteiger partial charge in [0.1, 0.15) is 12.3 Å². The third kappa shape index (κ3) is 5.91. The molecule has 0 spiro atoms. The van der Waals surface area contributed by atoms with E-state index >= 15 is 0 Å². The van der Waals surface area contributed by atoms with Crippen LogP contribution in [0, 0.1) is 6.92 Å². The number of hydrogen-bond donors (Lipinski definition) is 1. The number of nitrogens with one attached hydrogen (secondary N) is 1. The van der Waals surface area contributed by atoms with Crippen LogP contribution in [-0.2, 0) is 27.4 Å². The van der Waals surface area contributed by atoms with E-state index in [9.17, 15) is 26.4 Å². The van der Waals surface area contributed by atoms with Gasteiger partial charge in [0.25, 0.3) is 10.0 Å². The fourth-order valence-electron chi connectivity index (χ4n) is 4.48. The maximum absolute atomic E-state index is 13.6. The van der Waals surface area contributed by atoms with Crippen molar-refractivity contribution in [2.45, 2.75) is 43.3 Å². The van der Waals surface area contributed by atoms with Crippen LogP contribution in [0.25, 0.3) is 0 Å². The second kappa shape index (κ2) is 10.9. The number of nitrogens with zero attached hydrogens (tertiary/aromatic N) is 1. The van der Waals surface area contributed by atoms with Crippen LogP contribution >= 0.6 is 11.6 Å². The Hall–Kier alpha value is -3.24. The number of halogens is 4. The molecular weight excluding hydrogens is 541 g/mol. The second-order valence-electron chi connectivity index (χ2n) is 9.06. The van der Waals surface area contributed by atoms with Gasteiger partial charge in [0.15, 0.2) is 0 Å². The Labute approximate surface area is 224 Å². The maximum Gasteiger partial charge on any atom is 0.417 e. The fourth-order valence-corrected chi connectivity index (χ4v) is 6.11. The van der Waals surface area contributed by atoms with E-state index in [1.54, 1.807) is 32.2 Å². The molecule has 1 aliphatic carbocycles. The fraction of sp³-hybridized carbons (Fsp3) is 0.296. The van der Waals surface area contributed by atoms with Crippen molar-refractivity contribution in [1.29, 1.82) is 0 Å². The van der Waals surface area contributed by atoms with Crippen LogP contribution < -0.4 is 14.4 Å². The maximum atomic E-state index is 13.6. The molecule has 6 nitrogen and oxygen atoms in total. The number of sulfonamides is 1. The van der Waals surface area contributed by atoms with Crippen LogP contribution in [0.15, 0.2) is 65.6 Å². The highest BCUT2D eigenvalue weighted by atomic mass is 35.5. The molecule has 1 atom stereocenters. The van der Waals surface area contributed by atoms with Gasteiger partial charge in [0, 0.05) is 0 Å². The lowest BCUT2D eigenvalue weighted by Gasteiger charge is -2.29. The molecule has 1 amide bonds. The summed E-state index contributed by atoms with van der Waals surface area (Å²) < 4.78 is 73.9. The van der Waals surface area contributed by atoms with Gasteiger partial charge in [0.2, 0.25) is 5.91 Å². The Morgan fingerprint density at radius 3 is 2.47 bits per heavy atom. The SMILES string of the molecule is COc1ccc2c(c1)CCCC2NC(=O)CN(c1ccc(Cl)c(C(F)(F)F)c1)S(=O)(=O)c1ccc(C)cc1. The standard InChI is InChI=1S/C27H26ClF3N2O4S/c1-17-6-10-21(11-7-17)38(35,36)33(19-8-13-24(28)23(15-19)27(29,30)31)16-26(34)32-25-5-3-4-18-14-20(37-2)9-12-22(18)25/h6-15,25H,3-5,16H2,1-2H3,(H,32,34). The van der Waals surface area contributed by atoms with Crippen molar-refractivity contribution in [3.8, 4) is 5.75 Å². The number of rotatable bonds is 7. The van der Waals surface area contributed by atoms with E-state index in [4.69, 9.17) is 16.3 Å². The molecule has 38 heavy (non-hydrogen) atoms. The molecule has 0 aliphatic heterocycles. The highest BCUT2D eigenvalue weighted by molar-refractivity contribution is 7.92. The molecule has 0 bridgehead atoms. The lowest BCUT2D eigenvalue weighted by molar-refractivity contribution is -0.137. The summed E-state index contributed by atoms with van der Waals surface area (Å²) in [5, 5.41) is 2.29. The quantitative estimate of drug-likeness (QED) is 0.377. The number of alkyl halides is 3. The van der Waals surface area contributed by atoms with Gasteiger partial charge in [-0.3, -0.25) is 9.10 Å². The Kier molecular flexibility index (Phi) is 7.94. The van der Waals surface area contributed by atoms with E-state index in [1.807, 2.05) is 12.1 Å². The van der Waals surface area contributed by atoms with Gasteiger partial charge in [-0.05, 0) is 79.8 Å². The van der Waals surface area contributed by atoms with Crippen LogP contribution in [0.5, 0.6) is 5.75 Å². The summed E-state index contributed by atoms with van der Waals surface area (Å²) in [5.41, 5.74) is 1.18. The molecule has 0 radical (unpaired) electrons. The van der Waals surface area contributed by atoms with Gasteiger partial charge in [-0.1, -0.05) is 35.4 Å². The van der Waals surface area contributed by atoms with Crippen molar-refractivity contribution < 1.29 is 31.1 Å². The van der Waals surface area contributed by atoms with Gasteiger partial charge < -0.3 is 10.1 Å². The minimum atomic E-state index is -4.82. The normalized spacial score (nSPS) is 15.5. The number of fused-ring (bicyclic) bond motifs is 1. The van der Waals surface area contributed by atoms with Crippen molar-refractivity contribution in [3.05, 3.63) is 87.9 Å². The third-order valence-electron chi connectivity index (χ3n) is 6.44. The Morgan fingerprint density at radius 1 is 1.11 bits per heavy atom. The topological polar surface area (TPSA) is 75.7 Å². The van der Waals surface area contributed by atoms with Gasteiger partial charge in [0.05, 0.1) is 34.3 Å². The number of carbonyl (C=O) groups excluding carboxylic acids is 1. The largest absolute Gasteiger partial charge is 0.497 e. The van der Waals surface area contributed by atoms with E-state index in [-0.39, 0.29) is 16.6 Å². The molecule has 0 saturated heterocycles. The molecule has 3 aromatic carbocycles. The molecular formula is C27H26ClF3N2O4S. The molecule has 1 N–H and O–H groups in total. The number of methoxy groups -OCH3 is 1. The second-order valence-corrected chi connectivity index (χ2v) is 11.3. The van der Waals surface area contributed by atoms with Crippen LogP contribution in [-0.4, -0.2) is 28.0 Å². The van der Waals surface area contributed by atoms with Crippen LogP contribution in [0.4, 0.5) is 18.9 Å². The first kappa shape index (κ1) is 27.8. The smallest absolute Gasteiger partial charge is 0.417 e. The number of anilines is 1. The molecule has 3 aromatic rings. The molecule has 1 aliphatic rings. The number of ether oxygens (including phenoxy) is 1. The minimum absolute atomic E-state index is 0.158. The van der Waals surface area contributed by atoms with E-state index in [2.05, 4.69) is 5.32 Å². The number of amides is 1. The summed E-state index contributed by atoms with van der Waals surface area (Å²) in [6.45, 7) is 1.05. The lowest BCUT2D eigenvalue weighted by atomic mass is 9.87.